The highest BCUT2D eigenvalue weighted by Crippen LogP contribution is 2.39. The molecule has 3 nitrogen and oxygen atoms in total. The minimum absolute atomic E-state index is 0.321. The molecule has 0 amide bonds. The second-order valence-corrected chi connectivity index (χ2v) is 5.02. The molecular formula is C12H16BrNO2. The van der Waals surface area contributed by atoms with Crippen LogP contribution in [0.25, 0.3) is 0 Å². The second-order valence-electron chi connectivity index (χ2n) is 4.17. The molecule has 0 radical (unpaired) electrons. The van der Waals surface area contributed by atoms with Crippen LogP contribution in [0.4, 0.5) is 0 Å². The lowest BCUT2D eigenvalue weighted by Crippen LogP contribution is -2.24. The lowest BCUT2D eigenvalue weighted by Gasteiger charge is -2.09. The Morgan fingerprint density at radius 1 is 1.38 bits per heavy atom. The molecule has 16 heavy (non-hydrogen) atoms. The fourth-order valence-corrected chi connectivity index (χ4v) is 2.27. The van der Waals surface area contributed by atoms with Gasteiger partial charge in [0.1, 0.15) is 0 Å². The van der Waals surface area contributed by atoms with Crippen LogP contribution in [-0.4, -0.2) is 19.4 Å². The molecule has 1 aromatic rings. The van der Waals surface area contributed by atoms with Crippen LogP contribution in [0.2, 0.25) is 0 Å². The van der Waals surface area contributed by atoms with E-state index in [-0.39, 0.29) is 0 Å². The minimum Gasteiger partial charge on any atom is -0.454 e. The largest absolute Gasteiger partial charge is 0.454 e. The first-order valence-corrected chi connectivity index (χ1v) is 6.27. The Morgan fingerprint density at radius 2 is 2.19 bits per heavy atom. The Hall–Kier alpha value is -0.740. The molecule has 0 spiro atoms. The maximum atomic E-state index is 5.37. The molecular weight excluding hydrogens is 270 g/mol. The molecule has 1 N–H and O–H groups in total. The summed E-state index contributed by atoms with van der Waals surface area (Å²) in [6, 6.07) is 4.67. The van der Waals surface area contributed by atoms with Crippen LogP contribution < -0.4 is 14.8 Å². The first-order valence-electron chi connectivity index (χ1n) is 5.48. The van der Waals surface area contributed by atoms with E-state index in [1.807, 2.05) is 0 Å². The molecule has 0 aromatic heterocycles. The van der Waals surface area contributed by atoms with Crippen molar-refractivity contribution < 1.29 is 9.47 Å². The van der Waals surface area contributed by atoms with E-state index in [1.54, 1.807) is 0 Å². The molecule has 0 aliphatic carbocycles. The number of ether oxygens (including phenoxy) is 2. The summed E-state index contributed by atoms with van der Waals surface area (Å²) in [5, 5.41) is 3.39. The van der Waals surface area contributed by atoms with Crippen molar-refractivity contribution >= 4 is 15.9 Å². The van der Waals surface area contributed by atoms with Crippen molar-refractivity contribution in [3.8, 4) is 11.5 Å². The monoisotopic (exact) mass is 285 g/mol. The maximum absolute atomic E-state index is 5.37. The molecule has 1 aliphatic rings. The van der Waals surface area contributed by atoms with Gasteiger partial charge in [-0.2, -0.15) is 0 Å². The predicted molar refractivity (Wildman–Crippen MR) is 67.1 cm³/mol. The summed E-state index contributed by atoms with van der Waals surface area (Å²) in [4.78, 5) is 0. The van der Waals surface area contributed by atoms with Crippen LogP contribution in [0.1, 0.15) is 19.4 Å². The van der Waals surface area contributed by atoms with Crippen LogP contribution in [0.5, 0.6) is 11.5 Å². The Balaban J connectivity index is 2.03. The van der Waals surface area contributed by atoms with Crippen LogP contribution in [0.15, 0.2) is 16.6 Å². The quantitative estimate of drug-likeness (QED) is 0.923. The third kappa shape index (κ3) is 2.68. The van der Waals surface area contributed by atoms with Gasteiger partial charge in [-0.3, -0.25) is 0 Å². The summed E-state index contributed by atoms with van der Waals surface area (Å²) in [6.45, 7) is 5.59. The summed E-state index contributed by atoms with van der Waals surface area (Å²) >= 11 is 3.49. The molecule has 1 aromatic carbocycles. The Bertz CT molecular complexity index is 380. The van der Waals surface area contributed by atoms with Crippen molar-refractivity contribution in [3.05, 3.63) is 22.2 Å². The second kappa shape index (κ2) is 5.06. The van der Waals surface area contributed by atoms with E-state index in [0.717, 1.165) is 28.9 Å². The molecule has 0 unspecified atom stereocenters. The van der Waals surface area contributed by atoms with E-state index in [0.29, 0.717) is 12.8 Å². The van der Waals surface area contributed by atoms with Crippen molar-refractivity contribution in [2.24, 2.45) is 0 Å². The van der Waals surface area contributed by atoms with E-state index in [4.69, 9.17) is 9.47 Å². The molecule has 0 saturated carbocycles. The van der Waals surface area contributed by atoms with Crippen molar-refractivity contribution in [2.75, 3.05) is 13.3 Å². The summed E-state index contributed by atoms with van der Waals surface area (Å²) in [7, 11) is 0. The van der Waals surface area contributed by atoms with Gasteiger partial charge in [0.05, 0.1) is 4.47 Å². The van der Waals surface area contributed by atoms with Crippen LogP contribution in [-0.2, 0) is 6.42 Å². The molecule has 88 valence electrons. The number of benzene rings is 1. The lowest BCUT2D eigenvalue weighted by atomic mass is 10.1. The Kier molecular flexibility index (Phi) is 3.71. The summed E-state index contributed by atoms with van der Waals surface area (Å²) in [5.41, 5.74) is 1.25. The summed E-state index contributed by atoms with van der Waals surface area (Å²) in [6.07, 6.45) is 0.993. The van der Waals surface area contributed by atoms with Gasteiger partial charge in [-0.1, -0.05) is 13.8 Å². The zero-order chi connectivity index (χ0) is 11.5. The van der Waals surface area contributed by atoms with Crippen molar-refractivity contribution in [3.63, 3.8) is 0 Å². The highest BCUT2D eigenvalue weighted by atomic mass is 79.9. The molecule has 0 atom stereocenters. The van der Waals surface area contributed by atoms with Gasteiger partial charge in [0.25, 0.3) is 0 Å². The molecule has 4 heteroatoms. The van der Waals surface area contributed by atoms with E-state index in [1.165, 1.54) is 5.56 Å². The van der Waals surface area contributed by atoms with Gasteiger partial charge in [-0.05, 0) is 46.6 Å². The van der Waals surface area contributed by atoms with Crippen LogP contribution in [0, 0.1) is 0 Å². The third-order valence-electron chi connectivity index (χ3n) is 2.45. The number of fused-ring (bicyclic) bond motifs is 1. The normalized spacial score (nSPS) is 13.5. The number of rotatable bonds is 4. The first kappa shape index (κ1) is 11.7. The highest BCUT2D eigenvalue weighted by molar-refractivity contribution is 9.10. The average Bonchev–Trinajstić information content (AvgIpc) is 2.65. The van der Waals surface area contributed by atoms with Gasteiger partial charge in [0, 0.05) is 6.04 Å². The minimum atomic E-state index is 0.321. The van der Waals surface area contributed by atoms with Crippen molar-refractivity contribution in [1.82, 2.24) is 5.32 Å². The zero-order valence-electron chi connectivity index (χ0n) is 9.55. The third-order valence-corrected chi connectivity index (χ3v) is 3.04. The van der Waals surface area contributed by atoms with Crippen LogP contribution in [0.3, 0.4) is 0 Å². The summed E-state index contributed by atoms with van der Waals surface area (Å²) in [5.74, 6) is 1.66. The molecule has 2 rings (SSSR count). The lowest BCUT2D eigenvalue weighted by molar-refractivity contribution is 0.173. The fourth-order valence-electron chi connectivity index (χ4n) is 1.67. The predicted octanol–water partition coefficient (Wildman–Crippen LogP) is 2.72. The number of hydrogen-bond donors (Lipinski definition) is 1. The Labute approximate surface area is 104 Å². The topological polar surface area (TPSA) is 30.5 Å². The molecule has 0 bridgehead atoms. The first-order chi connectivity index (χ1) is 7.66. The van der Waals surface area contributed by atoms with Crippen molar-refractivity contribution in [1.29, 1.82) is 0 Å². The van der Waals surface area contributed by atoms with Gasteiger partial charge in [-0.15, -0.1) is 0 Å². The van der Waals surface area contributed by atoms with Gasteiger partial charge >= 0.3 is 0 Å². The summed E-state index contributed by atoms with van der Waals surface area (Å²) < 4.78 is 11.7. The van der Waals surface area contributed by atoms with Gasteiger partial charge in [0.2, 0.25) is 6.79 Å². The molecule has 0 fully saturated rings. The van der Waals surface area contributed by atoms with E-state index < -0.39 is 0 Å². The van der Waals surface area contributed by atoms with Gasteiger partial charge in [0.15, 0.2) is 11.5 Å². The van der Waals surface area contributed by atoms with E-state index >= 15 is 0 Å². The fraction of sp³-hybridized carbons (Fsp3) is 0.500. The smallest absolute Gasteiger partial charge is 0.231 e. The standard InChI is InChI=1S/C12H16BrNO2/c1-8(2)14-4-3-9-5-10(13)12-11(6-9)15-7-16-12/h5-6,8,14H,3-4,7H2,1-2H3. The molecule has 1 heterocycles. The number of nitrogens with one attached hydrogen (secondary N) is 1. The Morgan fingerprint density at radius 3 is 2.94 bits per heavy atom. The number of hydrogen-bond acceptors (Lipinski definition) is 3. The zero-order valence-corrected chi connectivity index (χ0v) is 11.1. The SMILES string of the molecule is CC(C)NCCc1cc(Br)c2c(c1)OCO2. The van der Waals surface area contributed by atoms with Crippen LogP contribution >= 0.6 is 15.9 Å². The van der Waals surface area contributed by atoms with Gasteiger partial charge in [-0.25, -0.2) is 0 Å². The number of halogens is 1. The average molecular weight is 286 g/mol. The molecule has 0 saturated heterocycles. The van der Waals surface area contributed by atoms with E-state index in [9.17, 15) is 0 Å². The van der Waals surface area contributed by atoms with Crippen molar-refractivity contribution in [2.45, 2.75) is 26.3 Å². The molecule has 1 aliphatic heterocycles. The highest BCUT2D eigenvalue weighted by Gasteiger charge is 2.17. The van der Waals surface area contributed by atoms with Gasteiger partial charge < -0.3 is 14.8 Å². The van der Waals surface area contributed by atoms with E-state index in [2.05, 4.69) is 47.2 Å². The maximum Gasteiger partial charge on any atom is 0.231 e.